The van der Waals surface area contributed by atoms with E-state index in [2.05, 4.69) is 45.8 Å². The van der Waals surface area contributed by atoms with Crippen molar-refractivity contribution in [1.29, 1.82) is 0 Å². The van der Waals surface area contributed by atoms with Crippen molar-refractivity contribution in [2.45, 2.75) is 60.8 Å². The normalized spacial score (nSPS) is 11.0. The summed E-state index contributed by atoms with van der Waals surface area (Å²) in [6, 6.07) is 7.75. The summed E-state index contributed by atoms with van der Waals surface area (Å²) in [7, 11) is 0. The van der Waals surface area contributed by atoms with E-state index in [4.69, 9.17) is 14.5 Å². The third kappa shape index (κ3) is 12.0. The molecule has 1 N–H and O–H groups in total. The Morgan fingerprint density at radius 2 is 1.89 bits per heavy atom. The first kappa shape index (κ1) is 29.6. The lowest BCUT2D eigenvalue weighted by Gasteiger charge is -2.23. The van der Waals surface area contributed by atoms with E-state index >= 15 is 0 Å². The molecule has 2 aromatic rings. The van der Waals surface area contributed by atoms with Gasteiger partial charge in [-0.1, -0.05) is 45.9 Å². The molecule has 0 spiro atoms. The van der Waals surface area contributed by atoms with Crippen LogP contribution in [0.5, 0.6) is 5.88 Å². The van der Waals surface area contributed by atoms with Crippen molar-refractivity contribution in [1.82, 2.24) is 20.4 Å². The second kappa shape index (κ2) is 18.0. The van der Waals surface area contributed by atoms with Gasteiger partial charge in [-0.05, 0) is 38.8 Å². The Hall–Kier alpha value is -3.42. The highest BCUT2D eigenvalue weighted by molar-refractivity contribution is 5.75. The summed E-state index contributed by atoms with van der Waals surface area (Å²) in [6.45, 7) is 18.8. The van der Waals surface area contributed by atoms with Gasteiger partial charge >= 0.3 is 0 Å². The van der Waals surface area contributed by atoms with E-state index < -0.39 is 0 Å². The zero-order valence-electron chi connectivity index (χ0n) is 22.3. The monoisotopic (exact) mass is 482 g/mol. The summed E-state index contributed by atoms with van der Waals surface area (Å²) in [5.74, 6) is 2.31. The van der Waals surface area contributed by atoms with Crippen LogP contribution in [0.25, 0.3) is 0 Å². The number of pyridine rings is 1. The van der Waals surface area contributed by atoms with Gasteiger partial charge in [0, 0.05) is 43.5 Å². The van der Waals surface area contributed by atoms with Crippen LogP contribution in [0.2, 0.25) is 0 Å². The molecule has 0 radical (unpaired) electrons. The van der Waals surface area contributed by atoms with Crippen LogP contribution < -0.4 is 15.1 Å². The van der Waals surface area contributed by atoms with Crippen molar-refractivity contribution in [2.24, 2.45) is 5.10 Å². The molecule has 0 aliphatic carbocycles. The lowest BCUT2D eigenvalue weighted by atomic mass is 10.3. The fourth-order valence-electron chi connectivity index (χ4n) is 3.05. The molecule has 0 saturated carbocycles. The summed E-state index contributed by atoms with van der Waals surface area (Å²) in [5, 5.41) is 4.26. The van der Waals surface area contributed by atoms with Gasteiger partial charge in [0.1, 0.15) is 5.82 Å². The van der Waals surface area contributed by atoms with E-state index in [1.165, 1.54) is 0 Å². The first-order valence-corrected chi connectivity index (χ1v) is 12.5. The van der Waals surface area contributed by atoms with Crippen molar-refractivity contribution in [3.8, 4) is 5.88 Å². The zero-order chi connectivity index (χ0) is 25.9. The SMILES string of the molecule is C=C(C)/C=C(/N/N=C/c1nc(OCCc2ccccn2)cc(N(CCC)CCC)n1)OCC.CC. The van der Waals surface area contributed by atoms with Crippen molar-refractivity contribution in [3.63, 3.8) is 0 Å². The molecule has 0 bridgehead atoms. The van der Waals surface area contributed by atoms with Gasteiger partial charge in [-0.3, -0.25) is 4.98 Å². The molecule has 2 rings (SSSR count). The van der Waals surface area contributed by atoms with Crippen LogP contribution in [0.4, 0.5) is 5.82 Å². The zero-order valence-corrected chi connectivity index (χ0v) is 22.3. The van der Waals surface area contributed by atoms with Gasteiger partial charge in [0.05, 0.1) is 19.4 Å². The smallest absolute Gasteiger partial charge is 0.219 e. The van der Waals surface area contributed by atoms with Crippen molar-refractivity contribution >= 4 is 12.0 Å². The van der Waals surface area contributed by atoms with Gasteiger partial charge in [-0.2, -0.15) is 10.1 Å². The quantitative estimate of drug-likeness (QED) is 0.155. The number of aromatic nitrogens is 3. The van der Waals surface area contributed by atoms with Gasteiger partial charge < -0.3 is 14.4 Å². The molecule has 8 nitrogen and oxygen atoms in total. The average Bonchev–Trinajstić information content (AvgIpc) is 2.85. The molecule has 0 amide bonds. The van der Waals surface area contributed by atoms with E-state index in [-0.39, 0.29) is 0 Å². The Kier molecular flexibility index (Phi) is 15.2. The highest BCUT2D eigenvalue weighted by atomic mass is 16.5. The van der Waals surface area contributed by atoms with Gasteiger partial charge in [-0.15, -0.1) is 0 Å². The minimum atomic E-state index is 0.455. The number of hydrazone groups is 1. The molecule has 8 heteroatoms. The number of nitrogens with zero attached hydrogens (tertiary/aromatic N) is 5. The van der Waals surface area contributed by atoms with Crippen molar-refractivity contribution < 1.29 is 9.47 Å². The Morgan fingerprint density at radius 1 is 1.14 bits per heavy atom. The van der Waals surface area contributed by atoms with Gasteiger partial charge in [0.25, 0.3) is 0 Å². The second-order valence-corrected chi connectivity index (χ2v) is 7.49. The average molecular weight is 483 g/mol. The van der Waals surface area contributed by atoms with Crippen LogP contribution in [-0.2, 0) is 11.2 Å². The summed E-state index contributed by atoms with van der Waals surface area (Å²) in [4.78, 5) is 15.8. The second-order valence-electron chi connectivity index (χ2n) is 7.49. The van der Waals surface area contributed by atoms with E-state index in [0.29, 0.717) is 37.2 Å². The maximum atomic E-state index is 5.97. The highest BCUT2D eigenvalue weighted by Crippen LogP contribution is 2.18. The number of hydrogen-bond acceptors (Lipinski definition) is 8. The molecule has 0 aliphatic heterocycles. The Morgan fingerprint density at radius 3 is 2.49 bits per heavy atom. The van der Waals surface area contributed by atoms with Gasteiger partial charge in [0.15, 0.2) is 5.82 Å². The number of anilines is 1. The molecule has 0 unspecified atom stereocenters. The molecule has 0 aromatic carbocycles. The Balaban J connectivity index is 0.00000298. The Bertz CT molecular complexity index is 909. The molecule has 0 atom stereocenters. The summed E-state index contributed by atoms with van der Waals surface area (Å²) in [5.41, 5.74) is 4.72. The fraction of sp³-hybridized carbons (Fsp3) is 0.481. The third-order valence-electron chi connectivity index (χ3n) is 4.38. The number of hydrogen-bond donors (Lipinski definition) is 1. The molecule has 2 heterocycles. The summed E-state index contributed by atoms with van der Waals surface area (Å²) >= 11 is 0. The first-order chi connectivity index (χ1) is 17.0. The lowest BCUT2D eigenvalue weighted by molar-refractivity contribution is 0.207. The van der Waals surface area contributed by atoms with Crippen LogP contribution in [-0.4, -0.2) is 47.5 Å². The minimum Gasteiger partial charge on any atom is -0.478 e. The minimum absolute atomic E-state index is 0.455. The van der Waals surface area contributed by atoms with E-state index in [1.807, 2.05) is 52.0 Å². The molecular formula is C27H42N6O2. The van der Waals surface area contributed by atoms with Crippen LogP contribution in [0.3, 0.4) is 0 Å². The predicted molar refractivity (Wildman–Crippen MR) is 145 cm³/mol. The fourth-order valence-corrected chi connectivity index (χ4v) is 3.05. The van der Waals surface area contributed by atoms with Gasteiger partial charge in [-0.25, -0.2) is 10.4 Å². The standard InChI is InChI=1S/C25H36N6O2.C2H6/c1-6-14-31(15-7-2)23-18-24(33-16-12-21-11-9-10-13-26-21)29-22(28-23)19-27-30-25(32-8-3)17-20(4)5;1-2/h9-11,13,17-19,30H,4,6-8,12,14-16H2,1-3,5H3;1-2H3/b25-17-,27-19+;. The first-order valence-electron chi connectivity index (χ1n) is 12.5. The number of nitrogens with one attached hydrogen (secondary N) is 1. The molecule has 2 aromatic heterocycles. The number of allylic oxidation sites excluding steroid dienone is 2. The highest BCUT2D eigenvalue weighted by Gasteiger charge is 2.11. The largest absolute Gasteiger partial charge is 0.478 e. The number of ether oxygens (including phenoxy) is 2. The molecule has 192 valence electrons. The van der Waals surface area contributed by atoms with E-state index in [1.54, 1.807) is 18.5 Å². The van der Waals surface area contributed by atoms with Gasteiger partial charge in [0.2, 0.25) is 11.8 Å². The number of rotatable bonds is 15. The molecular weight excluding hydrogens is 440 g/mol. The third-order valence-corrected chi connectivity index (χ3v) is 4.38. The predicted octanol–water partition coefficient (Wildman–Crippen LogP) is 5.52. The van der Waals surface area contributed by atoms with Crippen molar-refractivity contribution in [2.75, 3.05) is 31.2 Å². The van der Waals surface area contributed by atoms with Crippen LogP contribution in [0.1, 0.15) is 65.9 Å². The maximum Gasteiger partial charge on any atom is 0.219 e. The van der Waals surface area contributed by atoms with Crippen LogP contribution in [0.15, 0.2) is 59.7 Å². The van der Waals surface area contributed by atoms with Crippen LogP contribution in [0, 0.1) is 0 Å². The van der Waals surface area contributed by atoms with Crippen molar-refractivity contribution in [3.05, 3.63) is 66.1 Å². The molecule has 0 saturated heterocycles. The summed E-state index contributed by atoms with van der Waals surface area (Å²) in [6.07, 6.45) is 7.88. The topological polar surface area (TPSA) is 84.8 Å². The van der Waals surface area contributed by atoms with E-state index in [9.17, 15) is 0 Å². The lowest BCUT2D eigenvalue weighted by Crippen LogP contribution is -2.26. The van der Waals surface area contributed by atoms with Crippen LogP contribution >= 0.6 is 0 Å². The molecule has 0 fully saturated rings. The van der Waals surface area contributed by atoms with E-state index in [0.717, 1.165) is 43.0 Å². The molecule has 0 aliphatic rings. The maximum absolute atomic E-state index is 5.97. The molecule has 35 heavy (non-hydrogen) atoms. The summed E-state index contributed by atoms with van der Waals surface area (Å²) < 4.78 is 11.5. The Labute approximate surface area is 211 Å².